The second-order valence-electron chi connectivity index (χ2n) is 5.97. The molecule has 0 N–H and O–H groups in total. The van der Waals surface area contributed by atoms with Gasteiger partial charge in [-0.25, -0.2) is 8.42 Å². The van der Waals surface area contributed by atoms with Crippen LogP contribution in [0.5, 0.6) is 5.75 Å². The van der Waals surface area contributed by atoms with E-state index in [0.29, 0.717) is 30.5 Å². The predicted molar refractivity (Wildman–Crippen MR) is 93.7 cm³/mol. The van der Waals surface area contributed by atoms with Crippen molar-refractivity contribution in [3.8, 4) is 5.75 Å². The maximum absolute atomic E-state index is 12.8. The maximum atomic E-state index is 12.8. The fraction of sp³-hybridized carbons (Fsp3) is 0.647. The Kier molecular flexibility index (Phi) is 7.18. The van der Waals surface area contributed by atoms with E-state index >= 15 is 0 Å². The number of unbranched alkanes of at least 4 members (excludes halogenated alkanes) is 2. The molecular formula is C17H26ClNO3S. The van der Waals surface area contributed by atoms with E-state index in [1.54, 1.807) is 22.5 Å². The molecular weight excluding hydrogens is 334 g/mol. The molecule has 1 aromatic rings. The van der Waals surface area contributed by atoms with Crippen LogP contribution in [-0.2, 0) is 10.0 Å². The molecule has 0 atom stereocenters. The lowest BCUT2D eigenvalue weighted by atomic mass is 10.2. The van der Waals surface area contributed by atoms with Gasteiger partial charge in [0.15, 0.2) is 0 Å². The molecule has 1 saturated heterocycles. The highest BCUT2D eigenvalue weighted by Gasteiger charge is 2.26. The number of sulfonamides is 1. The maximum Gasteiger partial charge on any atom is 0.243 e. The van der Waals surface area contributed by atoms with Crippen LogP contribution in [0.2, 0.25) is 5.02 Å². The summed E-state index contributed by atoms with van der Waals surface area (Å²) < 4.78 is 32.9. The minimum absolute atomic E-state index is 0.272. The molecule has 1 aromatic carbocycles. The first-order valence-corrected chi connectivity index (χ1v) is 10.3. The van der Waals surface area contributed by atoms with E-state index in [1.165, 1.54) is 0 Å². The van der Waals surface area contributed by atoms with E-state index in [-0.39, 0.29) is 4.90 Å². The molecule has 4 nitrogen and oxygen atoms in total. The zero-order valence-electron chi connectivity index (χ0n) is 13.8. The molecule has 130 valence electrons. The molecule has 1 aliphatic rings. The zero-order chi connectivity index (χ0) is 16.7. The molecule has 2 rings (SSSR count). The highest BCUT2D eigenvalue weighted by atomic mass is 35.5. The highest BCUT2D eigenvalue weighted by molar-refractivity contribution is 7.89. The summed E-state index contributed by atoms with van der Waals surface area (Å²) in [5, 5.41) is 0.455. The van der Waals surface area contributed by atoms with Gasteiger partial charge in [0.1, 0.15) is 5.75 Å². The van der Waals surface area contributed by atoms with Crippen molar-refractivity contribution >= 4 is 21.6 Å². The van der Waals surface area contributed by atoms with Gasteiger partial charge in [-0.05, 0) is 31.4 Å². The fourth-order valence-corrected chi connectivity index (χ4v) is 4.43. The normalized spacial score (nSPS) is 17.0. The first kappa shape index (κ1) is 18.6. The van der Waals surface area contributed by atoms with E-state index < -0.39 is 10.0 Å². The minimum atomic E-state index is -3.47. The Bertz CT molecular complexity index is 596. The molecule has 0 amide bonds. The second-order valence-corrected chi connectivity index (χ2v) is 8.31. The number of benzene rings is 1. The number of rotatable bonds is 7. The van der Waals surface area contributed by atoms with Crippen molar-refractivity contribution in [1.29, 1.82) is 0 Å². The number of halogens is 1. The van der Waals surface area contributed by atoms with Crippen molar-refractivity contribution in [2.75, 3.05) is 19.7 Å². The van der Waals surface area contributed by atoms with Crippen molar-refractivity contribution in [3.63, 3.8) is 0 Å². The molecule has 1 heterocycles. The SMILES string of the molecule is CCCCCOc1cc(S(=O)(=O)N2CCCCCC2)ccc1Cl. The molecule has 23 heavy (non-hydrogen) atoms. The summed E-state index contributed by atoms with van der Waals surface area (Å²) >= 11 is 6.14. The Morgan fingerprint density at radius 2 is 1.83 bits per heavy atom. The summed E-state index contributed by atoms with van der Waals surface area (Å²) in [5.74, 6) is 0.457. The molecule has 0 aliphatic carbocycles. The quantitative estimate of drug-likeness (QED) is 0.674. The smallest absolute Gasteiger partial charge is 0.243 e. The average Bonchev–Trinajstić information content (AvgIpc) is 2.82. The van der Waals surface area contributed by atoms with Gasteiger partial charge in [0, 0.05) is 19.2 Å². The van der Waals surface area contributed by atoms with E-state index in [9.17, 15) is 8.42 Å². The third-order valence-corrected chi connectivity index (χ3v) is 6.32. The lowest BCUT2D eigenvalue weighted by Crippen LogP contribution is -2.31. The number of hydrogen-bond donors (Lipinski definition) is 0. The largest absolute Gasteiger partial charge is 0.492 e. The Hall–Kier alpha value is -0.780. The van der Waals surface area contributed by atoms with E-state index in [0.717, 1.165) is 44.9 Å². The Labute approximate surface area is 144 Å². The molecule has 0 bridgehead atoms. The first-order chi connectivity index (χ1) is 11.1. The van der Waals surface area contributed by atoms with Crippen LogP contribution in [0.4, 0.5) is 0 Å². The van der Waals surface area contributed by atoms with Crippen molar-refractivity contribution in [2.45, 2.75) is 56.8 Å². The summed E-state index contributed by atoms with van der Waals surface area (Å²) in [4.78, 5) is 0.272. The standard InChI is InChI=1S/C17H26ClNO3S/c1-2-3-8-13-22-17-14-15(9-10-16(17)18)23(20,21)19-11-6-4-5-7-12-19/h9-10,14H,2-8,11-13H2,1H3. The van der Waals surface area contributed by atoms with Crippen LogP contribution in [-0.4, -0.2) is 32.4 Å². The van der Waals surface area contributed by atoms with Gasteiger partial charge in [0.25, 0.3) is 0 Å². The predicted octanol–water partition coefficient (Wildman–Crippen LogP) is 4.47. The second kappa shape index (κ2) is 8.90. The van der Waals surface area contributed by atoms with Crippen molar-refractivity contribution in [3.05, 3.63) is 23.2 Å². The molecule has 0 saturated carbocycles. The van der Waals surface area contributed by atoms with Crippen LogP contribution in [0, 0.1) is 0 Å². The summed E-state index contributed by atoms with van der Waals surface area (Å²) in [7, 11) is -3.47. The Balaban J connectivity index is 2.14. The third kappa shape index (κ3) is 5.10. The van der Waals surface area contributed by atoms with Gasteiger partial charge in [-0.15, -0.1) is 0 Å². The average molecular weight is 360 g/mol. The lowest BCUT2D eigenvalue weighted by Gasteiger charge is -2.20. The van der Waals surface area contributed by atoms with Gasteiger partial charge in [-0.3, -0.25) is 0 Å². The van der Waals surface area contributed by atoms with Crippen molar-refractivity contribution in [2.24, 2.45) is 0 Å². The molecule has 1 fully saturated rings. The van der Waals surface area contributed by atoms with Gasteiger partial charge in [-0.1, -0.05) is 44.2 Å². The first-order valence-electron chi connectivity index (χ1n) is 8.48. The molecule has 0 spiro atoms. The van der Waals surface area contributed by atoms with Crippen molar-refractivity contribution < 1.29 is 13.2 Å². The third-order valence-electron chi connectivity index (χ3n) is 4.11. The fourth-order valence-electron chi connectivity index (χ4n) is 2.72. The van der Waals surface area contributed by atoms with Gasteiger partial charge < -0.3 is 4.74 Å². The lowest BCUT2D eigenvalue weighted by molar-refractivity contribution is 0.305. The van der Waals surface area contributed by atoms with Gasteiger partial charge in [-0.2, -0.15) is 4.31 Å². The summed E-state index contributed by atoms with van der Waals surface area (Å²) in [5.41, 5.74) is 0. The van der Waals surface area contributed by atoms with Gasteiger partial charge >= 0.3 is 0 Å². The van der Waals surface area contributed by atoms with Crippen LogP contribution in [0.15, 0.2) is 23.1 Å². The Morgan fingerprint density at radius 3 is 2.48 bits per heavy atom. The molecule has 0 unspecified atom stereocenters. The molecule has 0 radical (unpaired) electrons. The number of hydrogen-bond acceptors (Lipinski definition) is 3. The van der Waals surface area contributed by atoms with Gasteiger partial charge in [0.2, 0.25) is 10.0 Å². The van der Waals surface area contributed by atoms with Gasteiger partial charge in [0.05, 0.1) is 16.5 Å². The molecule has 1 aliphatic heterocycles. The van der Waals surface area contributed by atoms with E-state index in [4.69, 9.17) is 16.3 Å². The van der Waals surface area contributed by atoms with Crippen LogP contribution in [0.25, 0.3) is 0 Å². The van der Waals surface area contributed by atoms with Crippen LogP contribution >= 0.6 is 11.6 Å². The number of ether oxygens (including phenoxy) is 1. The highest BCUT2D eigenvalue weighted by Crippen LogP contribution is 2.30. The van der Waals surface area contributed by atoms with Crippen LogP contribution in [0.1, 0.15) is 51.9 Å². The summed E-state index contributed by atoms with van der Waals surface area (Å²) in [6.07, 6.45) is 7.18. The zero-order valence-corrected chi connectivity index (χ0v) is 15.3. The van der Waals surface area contributed by atoms with E-state index in [2.05, 4.69) is 6.92 Å². The minimum Gasteiger partial charge on any atom is -0.492 e. The number of nitrogens with zero attached hydrogens (tertiary/aromatic N) is 1. The monoisotopic (exact) mass is 359 g/mol. The Morgan fingerprint density at radius 1 is 1.13 bits per heavy atom. The van der Waals surface area contributed by atoms with Crippen LogP contribution in [0.3, 0.4) is 0 Å². The van der Waals surface area contributed by atoms with Crippen LogP contribution < -0.4 is 4.74 Å². The molecule has 0 aromatic heterocycles. The summed E-state index contributed by atoms with van der Waals surface area (Å²) in [6, 6.07) is 4.75. The van der Waals surface area contributed by atoms with E-state index in [1.807, 2.05) is 0 Å². The van der Waals surface area contributed by atoms with Crippen molar-refractivity contribution in [1.82, 2.24) is 4.31 Å². The summed E-state index contributed by atoms with van der Waals surface area (Å²) in [6.45, 7) is 3.87. The topological polar surface area (TPSA) is 46.6 Å². The molecule has 6 heteroatoms.